The van der Waals surface area contributed by atoms with Crippen molar-refractivity contribution in [2.75, 3.05) is 57.8 Å². The summed E-state index contributed by atoms with van der Waals surface area (Å²) in [5.41, 5.74) is -0.995. The van der Waals surface area contributed by atoms with Gasteiger partial charge < -0.3 is 10.1 Å². The van der Waals surface area contributed by atoms with Crippen LogP contribution in [-0.4, -0.2) is 68.2 Å². The maximum Gasteiger partial charge on any atom is 0.418 e. The van der Waals surface area contributed by atoms with Gasteiger partial charge in [0.15, 0.2) is 0 Å². The lowest BCUT2D eigenvalue weighted by atomic mass is 9.93. The average Bonchev–Trinajstić information content (AvgIpc) is 2.68. The summed E-state index contributed by atoms with van der Waals surface area (Å²) >= 11 is 0. The molecule has 2 fully saturated rings. The summed E-state index contributed by atoms with van der Waals surface area (Å²) < 4.78 is 44.5. The van der Waals surface area contributed by atoms with Gasteiger partial charge in [-0.25, -0.2) is 0 Å². The average molecular weight is 399 g/mol. The number of piperidine rings is 1. The van der Waals surface area contributed by atoms with Crippen molar-refractivity contribution in [3.05, 3.63) is 29.8 Å². The van der Waals surface area contributed by atoms with E-state index in [-0.39, 0.29) is 12.2 Å². The van der Waals surface area contributed by atoms with Crippen LogP contribution in [0.2, 0.25) is 0 Å². The number of carbonyl (C=O) groups excluding carboxylic acids is 1. The molecule has 8 heteroatoms. The maximum atomic E-state index is 13.0. The zero-order chi connectivity index (χ0) is 20.0. The van der Waals surface area contributed by atoms with Gasteiger partial charge in [-0.3, -0.25) is 14.6 Å². The lowest BCUT2D eigenvalue weighted by molar-refractivity contribution is -0.137. The number of amides is 1. The van der Waals surface area contributed by atoms with Gasteiger partial charge in [0.2, 0.25) is 5.91 Å². The van der Waals surface area contributed by atoms with Gasteiger partial charge in [-0.05, 0) is 56.9 Å². The smallest absolute Gasteiger partial charge is 0.379 e. The molecule has 2 heterocycles. The number of likely N-dealkylation sites (tertiary alicyclic amines) is 1. The number of ether oxygens (including phenoxy) is 1. The minimum absolute atomic E-state index is 0.127. The lowest BCUT2D eigenvalue weighted by Crippen LogP contribution is -2.41. The van der Waals surface area contributed by atoms with Gasteiger partial charge in [0.25, 0.3) is 0 Å². The SMILES string of the molecule is O=C(CN1CCC(CCN2CCOCC2)CC1)Nc1ccccc1C(F)(F)F. The molecule has 1 N–H and O–H groups in total. The number of morpholine rings is 1. The quantitative estimate of drug-likeness (QED) is 0.799. The second-order valence-electron chi connectivity index (χ2n) is 7.55. The van der Waals surface area contributed by atoms with Crippen LogP contribution >= 0.6 is 0 Å². The van der Waals surface area contributed by atoms with E-state index in [0.29, 0.717) is 5.92 Å². The molecule has 0 atom stereocenters. The van der Waals surface area contributed by atoms with Crippen molar-refractivity contribution in [3.63, 3.8) is 0 Å². The van der Waals surface area contributed by atoms with Crippen molar-refractivity contribution in [2.45, 2.75) is 25.4 Å². The third-order valence-electron chi connectivity index (χ3n) is 5.54. The molecule has 1 aromatic rings. The maximum absolute atomic E-state index is 13.0. The molecule has 0 aliphatic carbocycles. The number of hydrogen-bond donors (Lipinski definition) is 1. The van der Waals surface area contributed by atoms with Crippen LogP contribution in [-0.2, 0) is 15.7 Å². The predicted octanol–water partition coefficient (Wildman–Crippen LogP) is 3.08. The number of anilines is 1. The largest absolute Gasteiger partial charge is 0.418 e. The van der Waals surface area contributed by atoms with E-state index < -0.39 is 17.6 Å². The summed E-state index contributed by atoms with van der Waals surface area (Å²) in [4.78, 5) is 16.7. The van der Waals surface area contributed by atoms with Gasteiger partial charge in [0, 0.05) is 13.1 Å². The first-order valence-electron chi connectivity index (χ1n) is 9.90. The zero-order valence-electron chi connectivity index (χ0n) is 16.0. The zero-order valence-corrected chi connectivity index (χ0v) is 16.0. The van der Waals surface area contributed by atoms with Crippen molar-refractivity contribution < 1.29 is 22.7 Å². The highest BCUT2D eigenvalue weighted by atomic mass is 19.4. The first-order valence-corrected chi connectivity index (χ1v) is 9.90. The van der Waals surface area contributed by atoms with Crippen molar-refractivity contribution in [2.24, 2.45) is 5.92 Å². The lowest BCUT2D eigenvalue weighted by Gasteiger charge is -2.33. The second kappa shape index (κ2) is 9.71. The Morgan fingerprint density at radius 1 is 1.07 bits per heavy atom. The molecule has 156 valence electrons. The number of para-hydroxylation sites is 1. The fourth-order valence-electron chi connectivity index (χ4n) is 3.86. The normalized spacial score (nSPS) is 20.2. The monoisotopic (exact) mass is 399 g/mol. The standard InChI is InChI=1S/C20H28F3N3O2/c21-20(22,23)17-3-1-2-4-18(17)24-19(27)15-26-9-6-16(7-10-26)5-8-25-11-13-28-14-12-25/h1-4,16H,5-15H2,(H,24,27). The van der Waals surface area contributed by atoms with Gasteiger partial charge in [0.1, 0.15) is 0 Å². The van der Waals surface area contributed by atoms with Crippen molar-refractivity contribution >= 4 is 11.6 Å². The highest BCUT2D eigenvalue weighted by Crippen LogP contribution is 2.34. The summed E-state index contributed by atoms with van der Waals surface area (Å²) in [6.07, 6.45) is -1.28. The molecule has 0 bridgehead atoms. The Morgan fingerprint density at radius 2 is 1.75 bits per heavy atom. The van der Waals surface area contributed by atoms with E-state index in [4.69, 9.17) is 4.74 Å². The number of hydrogen-bond acceptors (Lipinski definition) is 4. The van der Waals surface area contributed by atoms with Crippen LogP contribution in [0.5, 0.6) is 0 Å². The molecule has 2 aliphatic heterocycles. The number of carbonyl (C=O) groups is 1. The van der Waals surface area contributed by atoms with Gasteiger partial charge in [0.05, 0.1) is 31.0 Å². The van der Waals surface area contributed by atoms with Crippen LogP contribution in [0.15, 0.2) is 24.3 Å². The van der Waals surface area contributed by atoms with Crippen LogP contribution < -0.4 is 5.32 Å². The van der Waals surface area contributed by atoms with Gasteiger partial charge in [-0.2, -0.15) is 13.2 Å². The highest BCUT2D eigenvalue weighted by molar-refractivity contribution is 5.93. The third kappa shape index (κ3) is 6.18. The molecule has 0 aromatic heterocycles. The van der Waals surface area contributed by atoms with E-state index in [0.717, 1.165) is 71.3 Å². The molecule has 0 unspecified atom stereocenters. The van der Waals surface area contributed by atoms with E-state index in [1.165, 1.54) is 18.2 Å². The van der Waals surface area contributed by atoms with Gasteiger partial charge in [-0.15, -0.1) is 0 Å². The van der Waals surface area contributed by atoms with Gasteiger partial charge >= 0.3 is 6.18 Å². The fourth-order valence-corrected chi connectivity index (χ4v) is 3.86. The molecule has 2 saturated heterocycles. The van der Waals surface area contributed by atoms with E-state index in [1.54, 1.807) is 0 Å². The van der Waals surface area contributed by atoms with Crippen molar-refractivity contribution in [3.8, 4) is 0 Å². The molecule has 1 aromatic carbocycles. The Labute approximate surface area is 163 Å². The minimum atomic E-state index is -4.48. The van der Waals surface area contributed by atoms with E-state index in [2.05, 4.69) is 10.2 Å². The number of nitrogens with zero attached hydrogens (tertiary/aromatic N) is 2. The molecule has 0 spiro atoms. The third-order valence-corrected chi connectivity index (χ3v) is 5.54. The summed E-state index contributed by atoms with van der Waals surface area (Å²) in [7, 11) is 0. The molecule has 1 amide bonds. The summed E-state index contributed by atoms with van der Waals surface area (Å²) in [6.45, 7) is 6.45. The van der Waals surface area contributed by atoms with Crippen LogP contribution in [0.1, 0.15) is 24.8 Å². The number of alkyl halides is 3. The van der Waals surface area contributed by atoms with E-state index >= 15 is 0 Å². The van der Waals surface area contributed by atoms with Crippen LogP contribution in [0.4, 0.5) is 18.9 Å². The first-order chi connectivity index (χ1) is 13.4. The summed E-state index contributed by atoms with van der Waals surface area (Å²) in [5, 5.41) is 2.42. The molecule has 2 aliphatic rings. The molecular formula is C20H28F3N3O2. The van der Waals surface area contributed by atoms with Crippen molar-refractivity contribution in [1.82, 2.24) is 9.80 Å². The number of halogens is 3. The second-order valence-corrected chi connectivity index (χ2v) is 7.55. The molecule has 28 heavy (non-hydrogen) atoms. The number of rotatable bonds is 6. The van der Waals surface area contributed by atoms with Crippen molar-refractivity contribution in [1.29, 1.82) is 0 Å². The summed E-state index contributed by atoms with van der Waals surface area (Å²) in [6, 6.07) is 5.08. The Bertz CT molecular complexity index is 640. The topological polar surface area (TPSA) is 44.8 Å². The molecule has 0 radical (unpaired) electrons. The predicted molar refractivity (Wildman–Crippen MR) is 101 cm³/mol. The van der Waals surface area contributed by atoms with Crippen LogP contribution in [0.25, 0.3) is 0 Å². The van der Waals surface area contributed by atoms with Crippen LogP contribution in [0, 0.1) is 5.92 Å². The molecule has 5 nitrogen and oxygen atoms in total. The number of benzene rings is 1. The number of nitrogens with one attached hydrogen (secondary N) is 1. The van der Waals surface area contributed by atoms with E-state index in [1.807, 2.05) is 4.90 Å². The van der Waals surface area contributed by atoms with E-state index in [9.17, 15) is 18.0 Å². The molecule has 3 rings (SSSR count). The molecule has 0 saturated carbocycles. The Kier molecular flexibility index (Phi) is 7.31. The summed E-state index contributed by atoms with van der Waals surface area (Å²) in [5.74, 6) is 0.247. The Morgan fingerprint density at radius 3 is 2.43 bits per heavy atom. The fraction of sp³-hybridized carbons (Fsp3) is 0.650. The van der Waals surface area contributed by atoms with Crippen LogP contribution in [0.3, 0.4) is 0 Å². The van der Waals surface area contributed by atoms with Gasteiger partial charge in [-0.1, -0.05) is 12.1 Å². The first kappa shape index (κ1) is 21.1. The highest BCUT2D eigenvalue weighted by Gasteiger charge is 2.33. The molecular weight excluding hydrogens is 371 g/mol. The Hall–Kier alpha value is -1.64. The Balaban J connectivity index is 1.40. The minimum Gasteiger partial charge on any atom is -0.379 e.